The molecular weight excluding hydrogens is 338 g/mol. The van der Waals surface area contributed by atoms with Crippen molar-refractivity contribution in [2.45, 2.75) is 13.8 Å². The number of nitrogens with zero attached hydrogens (tertiary/aromatic N) is 2. The first kappa shape index (κ1) is 17.0. The molecule has 0 bridgehead atoms. The van der Waals surface area contributed by atoms with Crippen molar-refractivity contribution in [3.8, 4) is 11.6 Å². The molecule has 0 aliphatic rings. The fourth-order valence-corrected chi connectivity index (χ4v) is 2.47. The van der Waals surface area contributed by atoms with E-state index in [4.69, 9.17) is 16.3 Å². The zero-order valence-corrected chi connectivity index (χ0v) is 14.7. The van der Waals surface area contributed by atoms with E-state index in [2.05, 4.69) is 10.1 Å². The van der Waals surface area contributed by atoms with Crippen LogP contribution in [0.5, 0.6) is 5.88 Å². The second-order valence-electron chi connectivity index (χ2n) is 5.50. The number of rotatable bonds is 5. The van der Waals surface area contributed by atoms with Gasteiger partial charge >= 0.3 is 0 Å². The van der Waals surface area contributed by atoms with Gasteiger partial charge in [-0.3, -0.25) is 14.9 Å². The van der Waals surface area contributed by atoms with Gasteiger partial charge in [0.15, 0.2) is 0 Å². The van der Waals surface area contributed by atoms with Crippen molar-refractivity contribution in [2.24, 2.45) is 4.99 Å². The topological polar surface area (TPSA) is 59.4 Å². The molecule has 0 saturated heterocycles. The molecule has 1 N–H and O–H groups in total. The molecule has 1 heterocycles. The Morgan fingerprint density at radius 1 is 1.16 bits per heavy atom. The molecule has 0 saturated carbocycles. The highest BCUT2D eigenvalue weighted by atomic mass is 35.5. The number of hydrogen-bond acceptors (Lipinski definition) is 3. The van der Waals surface area contributed by atoms with Crippen molar-refractivity contribution < 1.29 is 4.74 Å². The van der Waals surface area contributed by atoms with Crippen LogP contribution in [0.1, 0.15) is 18.1 Å². The van der Waals surface area contributed by atoms with E-state index in [0.717, 1.165) is 11.3 Å². The highest BCUT2D eigenvalue weighted by molar-refractivity contribution is 6.30. The molecule has 25 heavy (non-hydrogen) atoms. The third kappa shape index (κ3) is 3.83. The number of aryl methyl sites for hydroxylation is 1. The van der Waals surface area contributed by atoms with Crippen LogP contribution >= 0.6 is 11.6 Å². The Morgan fingerprint density at radius 2 is 1.84 bits per heavy atom. The molecule has 3 rings (SSSR count). The molecule has 0 fully saturated rings. The molecular formula is C19H18ClN3O2. The largest absolute Gasteiger partial charge is 0.478 e. The third-order valence-electron chi connectivity index (χ3n) is 3.64. The Morgan fingerprint density at radius 3 is 2.48 bits per heavy atom. The summed E-state index contributed by atoms with van der Waals surface area (Å²) in [6.07, 6.45) is 1.53. The van der Waals surface area contributed by atoms with Gasteiger partial charge in [-0.1, -0.05) is 29.3 Å². The van der Waals surface area contributed by atoms with Gasteiger partial charge < -0.3 is 4.74 Å². The van der Waals surface area contributed by atoms with E-state index in [0.29, 0.717) is 28.8 Å². The van der Waals surface area contributed by atoms with Gasteiger partial charge in [0.25, 0.3) is 5.56 Å². The van der Waals surface area contributed by atoms with Crippen LogP contribution in [0.3, 0.4) is 0 Å². The maximum absolute atomic E-state index is 12.8. The smallest absolute Gasteiger partial charge is 0.284 e. The van der Waals surface area contributed by atoms with Gasteiger partial charge in [-0.05, 0) is 50.2 Å². The average Bonchev–Trinajstić information content (AvgIpc) is 2.91. The molecule has 1 aromatic heterocycles. The SMILES string of the molecule is CCOc1[nH]n(-c2ccc(Cl)cc2)c(=O)c1C=Nc1ccc(C)cc1. The third-order valence-corrected chi connectivity index (χ3v) is 3.89. The molecule has 0 amide bonds. The van der Waals surface area contributed by atoms with Crippen molar-refractivity contribution in [2.75, 3.05) is 6.61 Å². The zero-order valence-electron chi connectivity index (χ0n) is 14.0. The zero-order chi connectivity index (χ0) is 17.8. The minimum Gasteiger partial charge on any atom is -0.478 e. The molecule has 5 nitrogen and oxygen atoms in total. The van der Waals surface area contributed by atoms with E-state index < -0.39 is 0 Å². The maximum atomic E-state index is 12.8. The normalized spacial score (nSPS) is 11.2. The Balaban J connectivity index is 2.01. The van der Waals surface area contributed by atoms with Crippen molar-refractivity contribution in [3.63, 3.8) is 0 Å². The summed E-state index contributed by atoms with van der Waals surface area (Å²) in [7, 11) is 0. The van der Waals surface area contributed by atoms with Gasteiger partial charge in [0.1, 0.15) is 5.56 Å². The van der Waals surface area contributed by atoms with Crippen LogP contribution in [-0.2, 0) is 0 Å². The standard InChI is InChI=1S/C19H18ClN3O2/c1-3-25-18-17(12-21-15-8-4-13(2)5-9-15)19(24)23(22-18)16-10-6-14(20)7-11-16/h4-12,22H,3H2,1-2H3. The fourth-order valence-electron chi connectivity index (χ4n) is 2.34. The summed E-state index contributed by atoms with van der Waals surface area (Å²) in [4.78, 5) is 17.1. The van der Waals surface area contributed by atoms with E-state index in [9.17, 15) is 4.79 Å². The number of H-pyrrole nitrogens is 1. The number of aromatic nitrogens is 2. The number of aromatic amines is 1. The second-order valence-corrected chi connectivity index (χ2v) is 5.93. The van der Waals surface area contributed by atoms with Crippen LogP contribution in [-0.4, -0.2) is 22.6 Å². The predicted molar refractivity (Wildman–Crippen MR) is 101 cm³/mol. The Labute approximate surface area is 150 Å². The molecule has 0 unspecified atom stereocenters. The van der Waals surface area contributed by atoms with Crippen LogP contribution in [0.25, 0.3) is 5.69 Å². The number of nitrogens with one attached hydrogen (secondary N) is 1. The highest BCUT2D eigenvalue weighted by Crippen LogP contribution is 2.17. The number of ether oxygens (including phenoxy) is 1. The Kier molecular flexibility index (Phi) is 5.05. The van der Waals surface area contributed by atoms with Crippen molar-refractivity contribution in [3.05, 3.63) is 75.0 Å². The van der Waals surface area contributed by atoms with E-state index >= 15 is 0 Å². The quantitative estimate of drug-likeness (QED) is 0.694. The molecule has 0 spiro atoms. The average molecular weight is 356 g/mol. The fraction of sp³-hybridized carbons (Fsp3) is 0.158. The molecule has 6 heteroatoms. The van der Waals surface area contributed by atoms with Crippen molar-refractivity contribution >= 4 is 23.5 Å². The molecule has 0 aliphatic carbocycles. The summed E-state index contributed by atoms with van der Waals surface area (Å²) in [5, 5.41) is 3.59. The lowest BCUT2D eigenvalue weighted by molar-refractivity contribution is 0.324. The molecule has 0 radical (unpaired) electrons. The monoisotopic (exact) mass is 355 g/mol. The van der Waals surface area contributed by atoms with E-state index in [1.54, 1.807) is 24.3 Å². The lowest BCUT2D eigenvalue weighted by Crippen LogP contribution is -2.17. The minimum absolute atomic E-state index is 0.235. The molecule has 0 atom stereocenters. The van der Waals surface area contributed by atoms with Crippen LogP contribution in [0.4, 0.5) is 5.69 Å². The molecule has 2 aromatic carbocycles. The molecule has 0 aliphatic heterocycles. The summed E-state index contributed by atoms with van der Waals surface area (Å²) in [6.45, 7) is 4.31. The lowest BCUT2D eigenvalue weighted by atomic mass is 10.2. The Hall–Kier alpha value is -2.79. The van der Waals surface area contributed by atoms with Crippen molar-refractivity contribution in [1.29, 1.82) is 0 Å². The number of hydrogen-bond donors (Lipinski definition) is 1. The van der Waals surface area contributed by atoms with Gasteiger partial charge in [0, 0.05) is 11.2 Å². The van der Waals surface area contributed by atoms with Crippen LogP contribution in [0.2, 0.25) is 5.02 Å². The van der Waals surface area contributed by atoms with Gasteiger partial charge in [-0.15, -0.1) is 0 Å². The molecule has 128 valence electrons. The van der Waals surface area contributed by atoms with Gasteiger partial charge in [-0.2, -0.15) is 0 Å². The van der Waals surface area contributed by atoms with Crippen LogP contribution in [0.15, 0.2) is 58.3 Å². The minimum atomic E-state index is -0.235. The van der Waals surface area contributed by atoms with E-state index in [-0.39, 0.29) is 5.56 Å². The summed E-state index contributed by atoms with van der Waals surface area (Å²) in [5.74, 6) is 0.387. The van der Waals surface area contributed by atoms with Gasteiger partial charge in [0.2, 0.25) is 5.88 Å². The maximum Gasteiger partial charge on any atom is 0.284 e. The summed E-state index contributed by atoms with van der Waals surface area (Å²) < 4.78 is 6.97. The first-order valence-corrected chi connectivity index (χ1v) is 8.31. The Bertz CT molecular complexity index is 938. The van der Waals surface area contributed by atoms with Crippen molar-refractivity contribution in [1.82, 2.24) is 9.78 Å². The summed E-state index contributed by atoms with van der Waals surface area (Å²) >= 11 is 5.91. The molecule has 3 aromatic rings. The lowest BCUT2D eigenvalue weighted by Gasteiger charge is -2.02. The number of benzene rings is 2. The summed E-state index contributed by atoms with van der Waals surface area (Å²) in [5.41, 5.74) is 2.73. The first-order valence-electron chi connectivity index (χ1n) is 7.93. The van der Waals surface area contributed by atoms with Crippen LogP contribution in [0, 0.1) is 6.92 Å². The summed E-state index contributed by atoms with van der Waals surface area (Å²) in [6, 6.07) is 14.7. The van der Waals surface area contributed by atoms with Gasteiger partial charge in [-0.25, -0.2) is 4.68 Å². The highest BCUT2D eigenvalue weighted by Gasteiger charge is 2.15. The van der Waals surface area contributed by atoms with Crippen LogP contribution < -0.4 is 10.3 Å². The number of halogens is 1. The van der Waals surface area contributed by atoms with E-state index in [1.165, 1.54) is 10.9 Å². The van der Waals surface area contributed by atoms with E-state index in [1.807, 2.05) is 38.1 Å². The predicted octanol–water partition coefficient (Wildman–Crippen LogP) is 4.28. The first-order chi connectivity index (χ1) is 12.1. The second kappa shape index (κ2) is 7.40. The number of aliphatic imine (C=N–C) groups is 1. The van der Waals surface area contributed by atoms with Gasteiger partial charge in [0.05, 0.1) is 18.0 Å².